The highest BCUT2D eigenvalue weighted by molar-refractivity contribution is 6.22. The summed E-state index contributed by atoms with van der Waals surface area (Å²) in [4.78, 5) is 0. The highest BCUT2D eigenvalue weighted by atomic mass is 14.2. The lowest BCUT2D eigenvalue weighted by Crippen LogP contribution is -1.93. The summed E-state index contributed by atoms with van der Waals surface area (Å²) in [6.45, 7) is 0. The smallest absolute Gasteiger partial charge is 0.00261 e. The number of rotatable bonds is 12. The van der Waals surface area contributed by atoms with E-state index in [1.54, 1.807) is 0 Å². The standard InChI is InChI=1S/C78H54/c1-6-20-61(21-7-1)69-30-16-17-31-70(69)68-50-51-73-76(54-68)78(67-48-44-60(45-49-67)58-40-36-56(37-41-58)53-75(64-26-12-4-13-27-64)65-28-14-5-15-29-65)72-33-19-18-32-71(72)77(73)66-46-42-59(43-47-66)57-38-34-55(35-39-57)52-74(62-22-8-2-9-23-62)63-24-10-3-11-25-63/h1-54H. The van der Waals surface area contributed by atoms with Crippen molar-refractivity contribution in [3.63, 3.8) is 0 Å². The lowest BCUT2D eigenvalue weighted by molar-refractivity contribution is 1.55. The first kappa shape index (κ1) is 47.6. The maximum Gasteiger partial charge on any atom is -0.00261 e. The van der Waals surface area contributed by atoms with Crippen LogP contribution in [0.2, 0.25) is 0 Å². The predicted octanol–water partition coefficient (Wildman–Crippen LogP) is 21.2. The first-order chi connectivity index (χ1) is 38.7. The minimum absolute atomic E-state index is 1.16. The van der Waals surface area contributed by atoms with Gasteiger partial charge in [-0.1, -0.05) is 309 Å². The van der Waals surface area contributed by atoms with Gasteiger partial charge < -0.3 is 0 Å². The van der Waals surface area contributed by atoms with E-state index in [0.29, 0.717) is 0 Å². The van der Waals surface area contributed by atoms with Crippen LogP contribution >= 0.6 is 0 Å². The molecule has 0 amide bonds. The van der Waals surface area contributed by atoms with Gasteiger partial charge in [-0.3, -0.25) is 0 Å². The normalized spacial score (nSPS) is 11.1. The Hall–Kier alpha value is -10.1. The molecule has 13 aromatic rings. The molecule has 0 nitrogen and oxygen atoms in total. The van der Waals surface area contributed by atoms with Crippen LogP contribution < -0.4 is 0 Å². The van der Waals surface area contributed by atoms with Crippen LogP contribution in [0.4, 0.5) is 0 Å². The molecule has 0 N–H and O–H groups in total. The maximum absolute atomic E-state index is 2.44. The summed E-state index contributed by atoms with van der Waals surface area (Å²) >= 11 is 0. The van der Waals surface area contributed by atoms with Crippen molar-refractivity contribution in [2.24, 2.45) is 0 Å². The van der Waals surface area contributed by atoms with Crippen molar-refractivity contribution in [3.8, 4) is 66.8 Å². The summed E-state index contributed by atoms with van der Waals surface area (Å²) in [6, 6.07) is 115. The Kier molecular flexibility index (Phi) is 13.2. The number of hydrogen-bond donors (Lipinski definition) is 0. The molecular formula is C78H54. The molecule has 0 aliphatic rings. The molecule has 366 valence electrons. The fourth-order valence-electron chi connectivity index (χ4n) is 11.2. The molecular weight excluding hydrogens is 937 g/mol. The summed E-state index contributed by atoms with van der Waals surface area (Å²) in [5.41, 5.74) is 23.9. The van der Waals surface area contributed by atoms with Crippen molar-refractivity contribution in [3.05, 3.63) is 349 Å². The Morgan fingerprint density at radius 1 is 0.192 bits per heavy atom. The minimum Gasteiger partial charge on any atom is -0.0622 e. The fraction of sp³-hybridized carbons (Fsp3) is 0. The molecule has 0 saturated heterocycles. The molecule has 0 aliphatic carbocycles. The quantitative estimate of drug-likeness (QED) is 0.0845. The number of hydrogen-bond acceptors (Lipinski definition) is 0. The van der Waals surface area contributed by atoms with Crippen LogP contribution in [-0.2, 0) is 0 Å². The zero-order chi connectivity index (χ0) is 52.0. The number of fused-ring (bicyclic) bond motifs is 2. The van der Waals surface area contributed by atoms with Gasteiger partial charge in [0.15, 0.2) is 0 Å². The topological polar surface area (TPSA) is 0 Å². The summed E-state index contributed by atoms with van der Waals surface area (Å²) in [5.74, 6) is 0. The summed E-state index contributed by atoms with van der Waals surface area (Å²) in [7, 11) is 0. The molecule has 0 aliphatic heterocycles. The van der Waals surface area contributed by atoms with Crippen LogP contribution in [0.15, 0.2) is 315 Å². The van der Waals surface area contributed by atoms with E-state index < -0.39 is 0 Å². The molecule has 0 radical (unpaired) electrons. The van der Waals surface area contributed by atoms with Crippen molar-refractivity contribution < 1.29 is 0 Å². The highest BCUT2D eigenvalue weighted by Crippen LogP contribution is 2.46. The molecule has 13 rings (SSSR count). The van der Waals surface area contributed by atoms with Gasteiger partial charge in [-0.25, -0.2) is 0 Å². The van der Waals surface area contributed by atoms with Gasteiger partial charge in [-0.15, -0.1) is 0 Å². The SMILES string of the molecule is C(=C(c1ccccc1)c1ccccc1)c1ccc(-c2ccc(-c3c4ccccc4c(-c4ccc(-c5ccc(C=C(c6ccccc6)c6ccccc6)cc5)cc4)c4cc(-c5ccccc5-c5ccccc5)ccc34)cc2)cc1. The second-order valence-electron chi connectivity index (χ2n) is 19.9. The minimum atomic E-state index is 1.16. The molecule has 0 aromatic heterocycles. The average Bonchev–Trinajstić information content (AvgIpc) is 3.60. The summed E-state index contributed by atoms with van der Waals surface area (Å²) in [6.07, 6.45) is 4.59. The van der Waals surface area contributed by atoms with Gasteiger partial charge in [0.2, 0.25) is 0 Å². The van der Waals surface area contributed by atoms with Gasteiger partial charge in [0.05, 0.1) is 0 Å². The zero-order valence-corrected chi connectivity index (χ0v) is 43.2. The zero-order valence-electron chi connectivity index (χ0n) is 43.2. The van der Waals surface area contributed by atoms with Crippen LogP contribution in [0, 0.1) is 0 Å². The van der Waals surface area contributed by atoms with E-state index in [0.717, 1.165) is 11.1 Å². The largest absolute Gasteiger partial charge is 0.0622 e. The van der Waals surface area contributed by atoms with Crippen LogP contribution in [0.25, 0.3) is 112 Å². The van der Waals surface area contributed by atoms with E-state index in [1.807, 2.05) is 0 Å². The van der Waals surface area contributed by atoms with Crippen molar-refractivity contribution >= 4 is 44.8 Å². The Morgan fingerprint density at radius 2 is 0.474 bits per heavy atom. The molecule has 0 bridgehead atoms. The van der Waals surface area contributed by atoms with Gasteiger partial charge >= 0.3 is 0 Å². The third-order valence-corrected chi connectivity index (χ3v) is 15.1. The molecule has 0 heterocycles. The predicted molar refractivity (Wildman–Crippen MR) is 334 cm³/mol. The van der Waals surface area contributed by atoms with Crippen LogP contribution in [-0.4, -0.2) is 0 Å². The molecule has 0 spiro atoms. The monoisotopic (exact) mass is 990 g/mol. The fourth-order valence-corrected chi connectivity index (χ4v) is 11.2. The molecule has 0 atom stereocenters. The first-order valence-corrected chi connectivity index (χ1v) is 26.9. The second-order valence-corrected chi connectivity index (χ2v) is 19.9. The maximum atomic E-state index is 2.44. The molecule has 0 unspecified atom stereocenters. The Labute approximate surface area is 457 Å². The average molecular weight is 991 g/mol. The molecule has 0 saturated carbocycles. The molecule has 0 heteroatoms. The van der Waals surface area contributed by atoms with E-state index in [-0.39, 0.29) is 0 Å². The van der Waals surface area contributed by atoms with Gasteiger partial charge in [-0.05, 0) is 151 Å². The van der Waals surface area contributed by atoms with Gasteiger partial charge in [0.25, 0.3) is 0 Å². The van der Waals surface area contributed by atoms with Crippen molar-refractivity contribution in [1.29, 1.82) is 0 Å². The summed E-state index contributed by atoms with van der Waals surface area (Å²) in [5, 5.41) is 4.90. The Bertz CT molecular complexity index is 4170. The third-order valence-electron chi connectivity index (χ3n) is 15.1. The Balaban J connectivity index is 0.885. The summed E-state index contributed by atoms with van der Waals surface area (Å²) < 4.78 is 0. The Morgan fingerprint density at radius 3 is 0.872 bits per heavy atom. The third kappa shape index (κ3) is 9.72. The van der Waals surface area contributed by atoms with Gasteiger partial charge in [0, 0.05) is 0 Å². The van der Waals surface area contributed by atoms with E-state index in [9.17, 15) is 0 Å². The first-order valence-electron chi connectivity index (χ1n) is 26.9. The van der Waals surface area contributed by atoms with Gasteiger partial charge in [0.1, 0.15) is 0 Å². The van der Waals surface area contributed by atoms with Gasteiger partial charge in [-0.2, -0.15) is 0 Å². The van der Waals surface area contributed by atoms with Crippen molar-refractivity contribution in [2.45, 2.75) is 0 Å². The van der Waals surface area contributed by atoms with E-state index in [4.69, 9.17) is 0 Å². The van der Waals surface area contributed by atoms with Crippen LogP contribution in [0.3, 0.4) is 0 Å². The van der Waals surface area contributed by atoms with Crippen molar-refractivity contribution in [1.82, 2.24) is 0 Å². The molecule has 13 aromatic carbocycles. The van der Waals surface area contributed by atoms with E-state index in [2.05, 4.69) is 328 Å². The van der Waals surface area contributed by atoms with E-state index >= 15 is 0 Å². The van der Waals surface area contributed by atoms with Crippen molar-refractivity contribution in [2.75, 3.05) is 0 Å². The molecule has 0 fully saturated rings. The lowest BCUT2D eigenvalue weighted by atomic mass is 9.84. The second kappa shape index (κ2) is 21.6. The number of benzene rings is 13. The van der Waals surface area contributed by atoms with Crippen LogP contribution in [0.1, 0.15) is 33.4 Å². The highest BCUT2D eigenvalue weighted by Gasteiger charge is 2.19. The van der Waals surface area contributed by atoms with Crippen LogP contribution in [0.5, 0.6) is 0 Å². The molecule has 78 heavy (non-hydrogen) atoms. The van der Waals surface area contributed by atoms with E-state index in [1.165, 1.54) is 122 Å². The lowest BCUT2D eigenvalue weighted by Gasteiger charge is -2.20.